The highest BCUT2D eigenvalue weighted by atomic mass is 16.4. The Morgan fingerprint density at radius 3 is 2.58 bits per heavy atom. The van der Waals surface area contributed by atoms with Gasteiger partial charge in [-0.2, -0.15) is 0 Å². The number of aliphatic carboxylic acids is 1. The molecule has 0 spiro atoms. The van der Waals surface area contributed by atoms with Gasteiger partial charge in [-0.25, -0.2) is 0 Å². The van der Waals surface area contributed by atoms with Gasteiger partial charge in [-0.1, -0.05) is 29.8 Å². The lowest BCUT2D eigenvalue weighted by molar-refractivity contribution is -0.142. The minimum atomic E-state index is -0.932. The first kappa shape index (κ1) is 13.6. The van der Waals surface area contributed by atoms with Crippen LogP contribution in [0, 0.1) is 6.92 Å². The molecule has 1 unspecified atom stereocenters. The molecular weight excluding hydrogens is 242 g/mol. The summed E-state index contributed by atoms with van der Waals surface area (Å²) >= 11 is 0. The van der Waals surface area contributed by atoms with E-state index < -0.39 is 11.9 Å². The first-order valence-corrected chi connectivity index (χ1v) is 6.65. The van der Waals surface area contributed by atoms with Crippen LogP contribution in [0.2, 0.25) is 0 Å². The first-order chi connectivity index (χ1) is 9.08. The third kappa shape index (κ3) is 3.34. The van der Waals surface area contributed by atoms with Gasteiger partial charge in [0.15, 0.2) is 0 Å². The fourth-order valence-corrected chi connectivity index (χ4v) is 2.50. The molecular formula is C15H19NO3. The van der Waals surface area contributed by atoms with Crippen molar-refractivity contribution < 1.29 is 14.7 Å². The van der Waals surface area contributed by atoms with Gasteiger partial charge >= 0.3 is 5.97 Å². The van der Waals surface area contributed by atoms with Crippen LogP contribution >= 0.6 is 0 Å². The maximum Gasteiger partial charge on any atom is 0.311 e. The van der Waals surface area contributed by atoms with Gasteiger partial charge in [0.1, 0.15) is 0 Å². The van der Waals surface area contributed by atoms with Crippen molar-refractivity contribution in [2.45, 2.75) is 32.1 Å². The van der Waals surface area contributed by atoms with E-state index in [0.29, 0.717) is 5.56 Å². The van der Waals surface area contributed by atoms with Crippen LogP contribution in [-0.4, -0.2) is 35.0 Å². The van der Waals surface area contributed by atoms with Gasteiger partial charge in [-0.3, -0.25) is 9.59 Å². The van der Waals surface area contributed by atoms with E-state index in [-0.39, 0.29) is 12.3 Å². The maximum atomic E-state index is 12.1. The summed E-state index contributed by atoms with van der Waals surface area (Å²) in [6.07, 6.45) is 2.10. The third-order valence-electron chi connectivity index (χ3n) is 3.58. The fourth-order valence-electron chi connectivity index (χ4n) is 2.50. The van der Waals surface area contributed by atoms with E-state index in [9.17, 15) is 14.7 Å². The molecule has 4 nitrogen and oxygen atoms in total. The molecule has 0 aromatic heterocycles. The predicted molar refractivity (Wildman–Crippen MR) is 72.0 cm³/mol. The van der Waals surface area contributed by atoms with Gasteiger partial charge in [-0.15, -0.1) is 0 Å². The number of amides is 1. The van der Waals surface area contributed by atoms with Crippen molar-refractivity contribution >= 4 is 11.9 Å². The van der Waals surface area contributed by atoms with Crippen molar-refractivity contribution in [1.82, 2.24) is 4.90 Å². The lowest BCUT2D eigenvalue weighted by Crippen LogP contribution is -2.30. The van der Waals surface area contributed by atoms with Gasteiger partial charge in [0.2, 0.25) is 5.91 Å². The quantitative estimate of drug-likeness (QED) is 0.903. The second-order valence-corrected chi connectivity index (χ2v) is 5.10. The van der Waals surface area contributed by atoms with Crippen LogP contribution in [0.5, 0.6) is 0 Å². The lowest BCUT2D eigenvalue weighted by atomic mass is 9.94. The molecule has 0 saturated carbocycles. The second kappa shape index (κ2) is 5.87. The van der Waals surface area contributed by atoms with Gasteiger partial charge in [0, 0.05) is 19.5 Å². The monoisotopic (exact) mass is 261 g/mol. The normalized spacial score (nSPS) is 16.4. The Kier molecular flexibility index (Phi) is 4.20. The van der Waals surface area contributed by atoms with Crippen LogP contribution in [-0.2, 0) is 9.59 Å². The van der Waals surface area contributed by atoms with Crippen LogP contribution in [0.25, 0.3) is 0 Å². The lowest BCUT2D eigenvalue weighted by Gasteiger charge is -2.19. The largest absolute Gasteiger partial charge is 0.481 e. The van der Waals surface area contributed by atoms with Gasteiger partial charge < -0.3 is 10.0 Å². The molecule has 1 fully saturated rings. The molecule has 1 aliphatic rings. The summed E-state index contributed by atoms with van der Waals surface area (Å²) in [5, 5.41) is 9.34. The number of nitrogens with zero attached hydrogens (tertiary/aromatic N) is 1. The van der Waals surface area contributed by atoms with Crippen molar-refractivity contribution in [3.05, 3.63) is 35.4 Å². The van der Waals surface area contributed by atoms with Crippen molar-refractivity contribution in [2.75, 3.05) is 13.1 Å². The second-order valence-electron chi connectivity index (χ2n) is 5.10. The summed E-state index contributed by atoms with van der Waals surface area (Å²) in [7, 11) is 0. The summed E-state index contributed by atoms with van der Waals surface area (Å²) in [6.45, 7) is 3.45. The molecule has 0 radical (unpaired) electrons. The summed E-state index contributed by atoms with van der Waals surface area (Å²) in [5.74, 6) is -1.72. The Bertz CT molecular complexity index is 478. The SMILES string of the molecule is Cc1cccc(C(CC(=O)N2CCCC2)C(=O)O)c1. The highest BCUT2D eigenvalue weighted by Gasteiger charge is 2.27. The Balaban J connectivity index is 2.12. The summed E-state index contributed by atoms with van der Waals surface area (Å²) in [4.78, 5) is 25.2. The number of hydrogen-bond donors (Lipinski definition) is 1. The standard InChI is InChI=1S/C15H19NO3/c1-11-5-4-6-12(9-11)13(15(18)19)10-14(17)16-7-2-3-8-16/h4-6,9,13H,2-3,7-8,10H2,1H3,(H,18,19). The van der Waals surface area contributed by atoms with Crippen molar-refractivity contribution in [3.63, 3.8) is 0 Å². The van der Waals surface area contributed by atoms with E-state index >= 15 is 0 Å². The number of carbonyl (C=O) groups is 2. The van der Waals surface area contributed by atoms with Crippen molar-refractivity contribution in [3.8, 4) is 0 Å². The number of carboxylic acid groups (broad SMARTS) is 1. The van der Waals surface area contributed by atoms with Crippen LogP contribution in [0.15, 0.2) is 24.3 Å². The Hall–Kier alpha value is -1.84. The molecule has 19 heavy (non-hydrogen) atoms. The predicted octanol–water partition coefficient (Wildman–Crippen LogP) is 2.18. The molecule has 1 aromatic carbocycles. The fraction of sp³-hybridized carbons (Fsp3) is 0.467. The Morgan fingerprint density at radius 2 is 2.00 bits per heavy atom. The average Bonchev–Trinajstić information content (AvgIpc) is 2.89. The molecule has 1 aromatic rings. The van der Waals surface area contributed by atoms with E-state index in [1.807, 2.05) is 25.1 Å². The molecule has 4 heteroatoms. The molecule has 0 aliphatic carbocycles. The maximum absolute atomic E-state index is 12.1. The number of carbonyl (C=O) groups excluding carboxylic acids is 1. The zero-order valence-corrected chi connectivity index (χ0v) is 11.1. The topological polar surface area (TPSA) is 57.6 Å². The van der Waals surface area contributed by atoms with E-state index in [1.165, 1.54) is 0 Å². The Morgan fingerprint density at radius 1 is 1.32 bits per heavy atom. The number of benzene rings is 1. The average molecular weight is 261 g/mol. The Labute approximate surface area is 113 Å². The molecule has 1 atom stereocenters. The van der Waals surface area contributed by atoms with Crippen LogP contribution in [0.3, 0.4) is 0 Å². The van der Waals surface area contributed by atoms with E-state index in [4.69, 9.17) is 0 Å². The van der Waals surface area contributed by atoms with E-state index in [1.54, 1.807) is 11.0 Å². The number of likely N-dealkylation sites (tertiary alicyclic amines) is 1. The molecule has 1 N–H and O–H groups in total. The summed E-state index contributed by atoms with van der Waals surface area (Å²) in [5.41, 5.74) is 1.72. The van der Waals surface area contributed by atoms with Gasteiger partial charge in [-0.05, 0) is 25.3 Å². The molecule has 1 heterocycles. The van der Waals surface area contributed by atoms with Gasteiger partial charge in [0.05, 0.1) is 5.92 Å². The van der Waals surface area contributed by atoms with Gasteiger partial charge in [0.25, 0.3) is 0 Å². The number of rotatable bonds is 4. The van der Waals surface area contributed by atoms with Crippen molar-refractivity contribution in [1.29, 1.82) is 0 Å². The van der Waals surface area contributed by atoms with Crippen LogP contribution in [0.4, 0.5) is 0 Å². The van der Waals surface area contributed by atoms with Crippen molar-refractivity contribution in [2.24, 2.45) is 0 Å². The number of aryl methyl sites for hydroxylation is 1. The molecule has 1 aliphatic heterocycles. The van der Waals surface area contributed by atoms with Crippen LogP contribution < -0.4 is 0 Å². The third-order valence-corrected chi connectivity index (χ3v) is 3.58. The molecule has 1 saturated heterocycles. The highest BCUT2D eigenvalue weighted by Crippen LogP contribution is 2.23. The molecule has 2 rings (SSSR count). The summed E-state index contributed by atoms with van der Waals surface area (Å²) in [6, 6.07) is 7.38. The van der Waals surface area contributed by atoms with E-state index in [2.05, 4.69) is 0 Å². The zero-order valence-electron chi connectivity index (χ0n) is 11.1. The number of carboxylic acids is 1. The zero-order chi connectivity index (χ0) is 13.8. The number of hydrogen-bond acceptors (Lipinski definition) is 2. The smallest absolute Gasteiger partial charge is 0.311 e. The minimum absolute atomic E-state index is 0.0496. The first-order valence-electron chi connectivity index (χ1n) is 6.65. The van der Waals surface area contributed by atoms with E-state index in [0.717, 1.165) is 31.5 Å². The minimum Gasteiger partial charge on any atom is -0.481 e. The van der Waals surface area contributed by atoms with Crippen LogP contribution in [0.1, 0.15) is 36.3 Å². The molecule has 1 amide bonds. The summed E-state index contributed by atoms with van der Waals surface area (Å²) < 4.78 is 0. The molecule has 0 bridgehead atoms. The highest BCUT2D eigenvalue weighted by molar-refractivity contribution is 5.85. The molecule has 102 valence electrons.